The largest absolute Gasteiger partial charge is 0.497 e. The van der Waals surface area contributed by atoms with E-state index in [1.54, 1.807) is 18.0 Å². The quantitative estimate of drug-likeness (QED) is 0.253. The van der Waals surface area contributed by atoms with Crippen molar-refractivity contribution in [1.29, 1.82) is 0 Å². The lowest BCUT2D eigenvalue weighted by Crippen LogP contribution is -2.30. The van der Waals surface area contributed by atoms with Gasteiger partial charge in [-0.3, -0.25) is 4.79 Å². The maximum atomic E-state index is 13.0. The Morgan fingerprint density at radius 1 is 0.943 bits per heavy atom. The number of carbonyl (C=O) groups excluding carboxylic acids is 1. The van der Waals surface area contributed by atoms with Gasteiger partial charge < -0.3 is 10.1 Å². The third-order valence-electron chi connectivity index (χ3n) is 5.56. The highest BCUT2D eigenvalue weighted by molar-refractivity contribution is 8.00. The molecule has 0 aliphatic rings. The molecule has 0 aliphatic heterocycles. The minimum Gasteiger partial charge on any atom is -0.497 e. The Hall–Kier alpha value is -4.17. The number of carbonyl (C=O) groups is 1. The van der Waals surface area contributed by atoms with E-state index in [0.29, 0.717) is 10.7 Å². The molecule has 5 rings (SSSR count). The predicted molar refractivity (Wildman–Crippen MR) is 137 cm³/mol. The zero-order valence-corrected chi connectivity index (χ0v) is 19.9. The molecular formula is C27H23N5O2S. The van der Waals surface area contributed by atoms with Crippen LogP contribution < -0.4 is 10.1 Å². The van der Waals surface area contributed by atoms with Crippen LogP contribution in [0.5, 0.6) is 5.75 Å². The number of nitrogens with zero attached hydrogens (tertiary/aromatic N) is 4. The fourth-order valence-electron chi connectivity index (χ4n) is 3.83. The molecule has 35 heavy (non-hydrogen) atoms. The van der Waals surface area contributed by atoms with E-state index in [9.17, 15) is 4.79 Å². The van der Waals surface area contributed by atoms with Gasteiger partial charge in [0.1, 0.15) is 17.1 Å². The molecule has 7 nitrogen and oxygen atoms in total. The number of benzene rings is 3. The van der Waals surface area contributed by atoms with Crippen molar-refractivity contribution in [2.75, 3.05) is 12.9 Å². The monoisotopic (exact) mass is 481 g/mol. The second-order valence-electron chi connectivity index (χ2n) is 7.78. The predicted octanol–water partition coefficient (Wildman–Crippen LogP) is 4.82. The van der Waals surface area contributed by atoms with Crippen molar-refractivity contribution in [3.8, 4) is 11.4 Å². The van der Waals surface area contributed by atoms with Gasteiger partial charge in [-0.15, -0.1) is 0 Å². The fourth-order valence-corrected chi connectivity index (χ4v) is 4.61. The Balaban J connectivity index is 1.34. The summed E-state index contributed by atoms with van der Waals surface area (Å²) in [5.74, 6) is 0.885. The molecule has 0 saturated heterocycles. The topological polar surface area (TPSA) is 81.9 Å². The molecule has 2 aromatic heterocycles. The molecular weight excluding hydrogens is 458 g/mol. The number of hydrogen-bond donors (Lipinski definition) is 1. The summed E-state index contributed by atoms with van der Waals surface area (Å²) >= 11 is 1.37. The highest BCUT2D eigenvalue weighted by Crippen LogP contribution is 2.27. The minimum absolute atomic E-state index is 0.0955. The molecule has 0 unspecified atom stereocenters. The summed E-state index contributed by atoms with van der Waals surface area (Å²) in [5.41, 5.74) is 3.60. The van der Waals surface area contributed by atoms with Gasteiger partial charge in [0.2, 0.25) is 5.91 Å². The Morgan fingerprint density at radius 3 is 2.34 bits per heavy atom. The highest BCUT2D eigenvalue weighted by atomic mass is 32.2. The molecule has 1 amide bonds. The van der Waals surface area contributed by atoms with Crippen molar-refractivity contribution in [2.45, 2.75) is 11.1 Å². The second-order valence-corrected chi connectivity index (χ2v) is 8.75. The number of aromatic nitrogens is 4. The molecule has 0 radical (unpaired) electrons. The molecule has 1 N–H and O–H groups in total. The molecule has 3 aromatic carbocycles. The number of amides is 1. The number of methoxy groups -OCH3 is 1. The number of thioether (sulfide) groups is 1. The van der Waals surface area contributed by atoms with Gasteiger partial charge in [0.05, 0.1) is 36.2 Å². The summed E-state index contributed by atoms with van der Waals surface area (Å²) in [5, 5.41) is 9.18. The molecule has 0 saturated carbocycles. The van der Waals surface area contributed by atoms with E-state index in [-0.39, 0.29) is 17.7 Å². The van der Waals surface area contributed by atoms with Crippen molar-refractivity contribution in [1.82, 2.24) is 25.1 Å². The summed E-state index contributed by atoms with van der Waals surface area (Å²) in [6.45, 7) is 0. The average Bonchev–Trinajstić information content (AvgIpc) is 3.36. The Bertz CT molecular complexity index is 1420. The smallest absolute Gasteiger partial charge is 0.231 e. The van der Waals surface area contributed by atoms with Gasteiger partial charge in [0.15, 0.2) is 5.65 Å². The number of rotatable bonds is 8. The van der Waals surface area contributed by atoms with Crippen LogP contribution in [0, 0.1) is 0 Å². The van der Waals surface area contributed by atoms with Crippen molar-refractivity contribution >= 4 is 28.7 Å². The molecule has 2 heterocycles. The Morgan fingerprint density at radius 2 is 1.63 bits per heavy atom. The van der Waals surface area contributed by atoms with Gasteiger partial charge >= 0.3 is 0 Å². The lowest BCUT2D eigenvalue weighted by atomic mass is 9.98. The first-order chi connectivity index (χ1) is 17.2. The van der Waals surface area contributed by atoms with Crippen molar-refractivity contribution in [3.05, 3.63) is 109 Å². The first-order valence-corrected chi connectivity index (χ1v) is 12.1. The lowest BCUT2D eigenvalue weighted by molar-refractivity contribution is -0.119. The molecule has 0 bridgehead atoms. The van der Waals surface area contributed by atoms with Gasteiger partial charge in [-0.1, -0.05) is 72.4 Å². The van der Waals surface area contributed by atoms with E-state index >= 15 is 0 Å². The minimum atomic E-state index is -0.276. The van der Waals surface area contributed by atoms with Crippen molar-refractivity contribution < 1.29 is 9.53 Å². The molecule has 0 fully saturated rings. The molecule has 8 heteroatoms. The van der Waals surface area contributed by atoms with Crippen LogP contribution in [-0.2, 0) is 4.79 Å². The van der Waals surface area contributed by atoms with Crippen LogP contribution in [0.3, 0.4) is 0 Å². The molecule has 1 atom stereocenters. The Kier molecular flexibility index (Phi) is 6.72. The van der Waals surface area contributed by atoms with E-state index in [0.717, 1.165) is 28.0 Å². The van der Waals surface area contributed by atoms with Crippen LogP contribution in [0.25, 0.3) is 16.7 Å². The van der Waals surface area contributed by atoms with Crippen LogP contribution in [0.1, 0.15) is 17.2 Å². The highest BCUT2D eigenvalue weighted by Gasteiger charge is 2.18. The van der Waals surface area contributed by atoms with Crippen molar-refractivity contribution in [2.24, 2.45) is 0 Å². The first kappa shape index (κ1) is 22.6. The van der Waals surface area contributed by atoms with E-state index in [4.69, 9.17) is 4.74 Å². The second kappa shape index (κ2) is 10.4. The fraction of sp³-hybridized carbons (Fsp3) is 0.111. The van der Waals surface area contributed by atoms with Crippen LogP contribution in [0.4, 0.5) is 0 Å². The summed E-state index contributed by atoms with van der Waals surface area (Å²) < 4.78 is 7.05. The number of ether oxygens (including phenoxy) is 1. The number of hydrogen-bond acceptors (Lipinski definition) is 6. The van der Waals surface area contributed by atoms with Crippen LogP contribution in [0.2, 0.25) is 0 Å². The van der Waals surface area contributed by atoms with Gasteiger partial charge in [0, 0.05) is 0 Å². The number of fused-ring (bicyclic) bond motifs is 1. The summed E-state index contributed by atoms with van der Waals surface area (Å²) in [6.07, 6.45) is 3.25. The molecule has 174 valence electrons. The summed E-state index contributed by atoms with van der Waals surface area (Å²) in [6, 6.07) is 27.2. The number of para-hydroxylation sites is 1. The maximum absolute atomic E-state index is 13.0. The molecule has 0 spiro atoms. The van der Waals surface area contributed by atoms with Crippen LogP contribution in [-0.4, -0.2) is 38.5 Å². The zero-order chi connectivity index (χ0) is 24.0. The van der Waals surface area contributed by atoms with E-state index in [1.807, 2.05) is 84.9 Å². The third kappa shape index (κ3) is 5.02. The first-order valence-electron chi connectivity index (χ1n) is 11.1. The normalized spacial score (nSPS) is 11.8. The van der Waals surface area contributed by atoms with Crippen molar-refractivity contribution in [3.63, 3.8) is 0 Å². The van der Waals surface area contributed by atoms with Gasteiger partial charge in [-0.25, -0.2) is 14.6 Å². The molecule has 0 aliphatic carbocycles. The van der Waals surface area contributed by atoms with Gasteiger partial charge in [0.25, 0.3) is 0 Å². The zero-order valence-electron chi connectivity index (χ0n) is 19.0. The summed E-state index contributed by atoms with van der Waals surface area (Å²) in [7, 11) is 1.64. The van der Waals surface area contributed by atoms with E-state index in [2.05, 4.69) is 20.4 Å². The third-order valence-corrected chi connectivity index (χ3v) is 6.56. The Labute approximate surface area is 207 Å². The van der Waals surface area contributed by atoms with E-state index in [1.165, 1.54) is 18.1 Å². The van der Waals surface area contributed by atoms with E-state index < -0.39 is 0 Å². The van der Waals surface area contributed by atoms with Gasteiger partial charge in [-0.05, 0) is 35.4 Å². The summed E-state index contributed by atoms with van der Waals surface area (Å²) in [4.78, 5) is 21.9. The maximum Gasteiger partial charge on any atom is 0.231 e. The lowest BCUT2D eigenvalue weighted by Gasteiger charge is -2.20. The van der Waals surface area contributed by atoms with Gasteiger partial charge in [-0.2, -0.15) is 5.10 Å². The van der Waals surface area contributed by atoms with Crippen LogP contribution in [0.15, 0.2) is 102 Å². The molecule has 5 aromatic rings. The average molecular weight is 482 g/mol. The van der Waals surface area contributed by atoms with Crippen LogP contribution >= 0.6 is 11.8 Å². The SMILES string of the molecule is COc1ccc([C@@H](NC(=O)CSc2ncnc3c2cnn3-c2ccccc2)c2ccccc2)cc1. The standard InChI is InChI=1S/C27H23N5O2S/c1-34-22-14-12-20(13-15-22)25(19-8-4-2-5-9-19)31-24(33)17-35-27-23-16-30-32(26(23)28-18-29-27)21-10-6-3-7-11-21/h2-16,18,25H,17H2,1H3,(H,31,33)/t25-/m0/s1. The number of nitrogens with one attached hydrogen (secondary N) is 1.